The van der Waals surface area contributed by atoms with Gasteiger partial charge in [-0.15, -0.1) is 0 Å². The van der Waals surface area contributed by atoms with Gasteiger partial charge in [0.2, 0.25) is 5.91 Å². The lowest BCUT2D eigenvalue weighted by atomic mass is 10.1. The van der Waals surface area contributed by atoms with E-state index < -0.39 is 0 Å². The van der Waals surface area contributed by atoms with E-state index in [1.807, 2.05) is 31.2 Å². The molecule has 0 radical (unpaired) electrons. The zero-order valence-electron chi connectivity index (χ0n) is 14.3. The molecule has 0 aliphatic rings. The third-order valence-electron chi connectivity index (χ3n) is 3.87. The Balaban J connectivity index is 1.47. The Labute approximate surface area is 150 Å². The Morgan fingerprint density at radius 2 is 1.92 bits per heavy atom. The molecule has 1 heterocycles. The van der Waals surface area contributed by atoms with Crippen molar-refractivity contribution in [3.8, 4) is 11.4 Å². The lowest BCUT2D eigenvalue weighted by Gasteiger charge is -2.15. The molecular formula is C19H19FN4O2. The minimum Gasteiger partial charge on any atom is -0.493 e. The Bertz CT molecular complexity index is 833. The number of rotatable bonds is 7. The van der Waals surface area contributed by atoms with Crippen molar-refractivity contribution < 1.29 is 13.9 Å². The van der Waals surface area contributed by atoms with Crippen LogP contribution >= 0.6 is 0 Å². The van der Waals surface area contributed by atoms with Crippen LogP contribution in [0.5, 0.6) is 5.75 Å². The molecule has 0 aliphatic carbocycles. The molecule has 2 aromatic carbocycles. The second kappa shape index (κ2) is 8.24. The number of hydrogen-bond donors (Lipinski definition) is 1. The van der Waals surface area contributed by atoms with Crippen LogP contribution in [0.4, 0.5) is 4.39 Å². The summed E-state index contributed by atoms with van der Waals surface area (Å²) in [7, 11) is 0. The monoisotopic (exact) mass is 354 g/mol. The molecule has 26 heavy (non-hydrogen) atoms. The topological polar surface area (TPSA) is 69.0 Å². The van der Waals surface area contributed by atoms with Crippen molar-refractivity contribution in [1.82, 2.24) is 20.1 Å². The highest BCUT2D eigenvalue weighted by atomic mass is 19.1. The average molecular weight is 354 g/mol. The third kappa shape index (κ3) is 4.66. The van der Waals surface area contributed by atoms with Crippen molar-refractivity contribution in [3.63, 3.8) is 0 Å². The molecule has 0 saturated carbocycles. The first-order valence-corrected chi connectivity index (χ1v) is 8.24. The molecule has 1 unspecified atom stereocenters. The van der Waals surface area contributed by atoms with Gasteiger partial charge in [-0.25, -0.2) is 14.1 Å². The Kier molecular flexibility index (Phi) is 5.58. The van der Waals surface area contributed by atoms with E-state index in [0.29, 0.717) is 5.75 Å². The second-order valence-corrected chi connectivity index (χ2v) is 5.77. The fourth-order valence-electron chi connectivity index (χ4n) is 2.45. The molecule has 134 valence electrons. The lowest BCUT2D eigenvalue weighted by molar-refractivity contribution is -0.122. The van der Waals surface area contributed by atoms with Crippen LogP contribution in [-0.2, 0) is 4.79 Å². The summed E-state index contributed by atoms with van der Waals surface area (Å²) in [6.45, 7) is 2.15. The van der Waals surface area contributed by atoms with E-state index in [0.717, 1.165) is 11.3 Å². The van der Waals surface area contributed by atoms with Crippen LogP contribution in [0.3, 0.4) is 0 Å². The van der Waals surface area contributed by atoms with Gasteiger partial charge in [-0.3, -0.25) is 4.79 Å². The van der Waals surface area contributed by atoms with E-state index in [4.69, 9.17) is 4.74 Å². The Morgan fingerprint density at radius 1 is 1.19 bits per heavy atom. The van der Waals surface area contributed by atoms with Crippen LogP contribution in [0.25, 0.3) is 5.69 Å². The van der Waals surface area contributed by atoms with E-state index in [2.05, 4.69) is 15.4 Å². The molecule has 1 N–H and O–H groups in total. The lowest BCUT2D eigenvalue weighted by Crippen LogP contribution is -2.27. The van der Waals surface area contributed by atoms with E-state index in [1.165, 1.54) is 30.6 Å². The summed E-state index contributed by atoms with van der Waals surface area (Å²) in [6.07, 6.45) is 3.32. The summed E-state index contributed by atoms with van der Waals surface area (Å²) < 4.78 is 19.9. The number of carbonyl (C=O) groups is 1. The summed E-state index contributed by atoms with van der Waals surface area (Å²) in [5.74, 6) is 0.106. The smallest absolute Gasteiger partial charge is 0.223 e. The number of benzene rings is 2. The number of amides is 1. The first-order valence-electron chi connectivity index (χ1n) is 8.24. The minimum atomic E-state index is -0.321. The highest BCUT2D eigenvalue weighted by Crippen LogP contribution is 2.15. The Morgan fingerprint density at radius 3 is 2.58 bits per heavy atom. The zero-order valence-corrected chi connectivity index (χ0v) is 14.3. The van der Waals surface area contributed by atoms with Gasteiger partial charge < -0.3 is 10.1 Å². The standard InChI is InChI=1S/C19H19FN4O2/c1-14(15-2-6-17(7-3-15)24-13-21-12-22-24)23-19(25)10-11-26-18-8-4-16(20)5-9-18/h2-9,12-14H,10-11H2,1H3,(H,23,25). The molecule has 3 rings (SSSR count). The maximum absolute atomic E-state index is 12.8. The molecule has 0 fully saturated rings. The van der Waals surface area contributed by atoms with E-state index >= 15 is 0 Å². The van der Waals surface area contributed by atoms with Gasteiger partial charge in [-0.1, -0.05) is 12.1 Å². The highest BCUT2D eigenvalue weighted by Gasteiger charge is 2.10. The second-order valence-electron chi connectivity index (χ2n) is 5.77. The van der Waals surface area contributed by atoms with Crippen LogP contribution in [0.1, 0.15) is 24.9 Å². The van der Waals surface area contributed by atoms with Crippen LogP contribution < -0.4 is 10.1 Å². The quantitative estimate of drug-likeness (QED) is 0.708. The van der Waals surface area contributed by atoms with E-state index in [1.54, 1.807) is 11.0 Å². The van der Waals surface area contributed by atoms with E-state index in [9.17, 15) is 9.18 Å². The van der Waals surface area contributed by atoms with Gasteiger partial charge in [0.25, 0.3) is 0 Å². The van der Waals surface area contributed by atoms with E-state index in [-0.39, 0.29) is 30.8 Å². The number of nitrogens with one attached hydrogen (secondary N) is 1. The molecule has 0 spiro atoms. The molecule has 1 amide bonds. The maximum Gasteiger partial charge on any atom is 0.223 e. The maximum atomic E-state index is 12.8. The van der Waals surface area contributed by atoms with Crippen molar-refractivity contribution in [1.29, 1.82) is 0 Å². The first-order chi connectivity index (χ1) is 12.6. The summed E-state index contributed by atoms with van der Waals surface area (Å²) in [5, 5.41) is 7.01. The number of carbonyl (C=O) groups excluding carboxylic acids is 1. The van der Waals surface area contributed by atoms with Gasteiger partial charge in [0.1, 0.15) is 24.2 Å². The molecule has 0 saturated heterocycles. The molecule has 0 bridgehead atoms. The predicted molar refractivity (Wildman–Crippen MR) is 94.4 cm³/mol. The van der Waals surface area contributed by atoms with Gasteiger partial charge >= 0.3 is 0 Å². The normalized spacial score (nSPS) is 11.8. The molecule has 3 aromatic rings. The van der Waals surface area contributed by atoms with Crippen molar-refractivity contribution >= 4 is 5.91 Å². The molecule has 1 aromatic heterocycles. The SMILES string of the molecule is CC(NC(=O)CCOc1ccc(F)cc1)c1ccc(-n2cncn2)cc1. The fraction of sp³-hybridized carbons (Fsp3) is 0.211. The summed E-state index contributed by atoms with van der Waals surface area (Å²) in [5.41, 5.74) is 1.89. The highest BCUT2D eigenvalue weighted by molar-refractivity contribution is 5.76. The Hall–Kier alpha value is -3.22. The van der Waals surface area contributed by atoms with Crippen molar-refractivity contribution in [3.05, 3.63) is 72.6 Å². The van der Waals surface area contributed by atoms with Crippen LogP contribution in [0.2, 0.25) is 0 Å². The molecule has 7 heteroatoms. The first kappa shape index (κ1) is 17.6. The predicted octanol–water partition coefficient (Wildman–Crippen LogP) is 3.05. The summed E-state index contributed by atoms with van der Waals surface area (Å²) >= 11 is 0. The molecule has 0 aliphatic heterocycles. The van der Waals surface area contributed by atoms with Gasteiger partial charge in [0.05, 0.1) is 24.8 Å². The number of ether oxygens (including phenoxy) is 1. The number of hydrogen-bond acceptors (Lipinski definition) is 4. The zero-order chi connectivity index (χ0) is 18.4. The van der Waals surface area contributed by atoms with Crippen LogP contribution in [-0.4, -0.2) is 27.3 Å². The molecular weight excluding hydrogens is 335 g/mol. The summed E-state index contributed by atoms with van der Waals surface area (Å²) in [4.78, 5) is 16.0. The van der Waals surface area contributed by atoms with Gasteiger partial charge in [-0.2, -0.15) is 5.10 Å². The number of halogens is 1. The van der Waals surface area contributed by atoms with Crippen molar-refractivity contribution in [2.24, 2.45) is 0 Å². The number of aromatic nitrogens is 3. The largest absolute Gasteiger partial charge is 0.493 e. The molecule has 1 atom stereocenters. The number of nitrogens with zero attached hydrogens (tertiary/aromatic N) is 3. The van der Waals surface area contributed by atoms with Crippen LogP contribution in [0.15, 0.2) is 61.2 Å². The minimum absolute atomic E-state index is 0.111. The average Bonchev–Trinajstić information content (AvgIpc) is 3.18. The third-order valence-corrected chi connectivity index (χ3v) is 3.87. The van der Waals surface area contributed by atoms with Crippen molar-refractivity contribution in [2.75, 3.05) is 6.61 Å². The molecule has 6 nitrogen and oxygen atoms in total. The fourth-order valence-corrected chi connectivity index (χ4v) is 2.45. The van der Waals surface area contributed by atoms with Gasteiger partial charge in [0.15, 0.2) is 0 Å². The van der Waals surface area contributed by atoms with Crippen LogP contribution in [0, 0.1) is 5.82 Å². The summed E-state index contributed by atoms with van der Waals surface area (Å²) in [6, 6.07) is 13.3. The van der Waals surface area contributed by atoms with Gasteiger partial charge in [-0.05, 0) is 48.9 Å². The van der Waals surface area contributed by atoms with Gasteiger partial charge in [0, 0.05) is 0 Å². The van der Waals surface area contributed by atoms with Crippen molar-refractivity contribution in [2.45, 2.75) is 19.4 Å².